The van der Waals surface area contributed by atoms with Crippen molar-refractivity contribution in [1.82, 2.24) is 14.7 Å². The fourth-order valence-electron chi connectivity index (χ4n) is 2.72. The second kappa shape index (κ2) is 5.54. The molecule has 0 saturated carbocycles. The Morgan fingerprint density at radius 1 is 1.18 bits per heavy atom. The third-order valence-corrected chi connectivity index (χ3v) is 5.22. The van der Waals surface area contributed by atoms with Crippen molar-refractivity contribution in [2.24, 2.45) is 0 Å². The summed E-state index contributed by atoms with van der Waals surface area (Å²) in [6.45, 7) is 0. The van der Waals surface area contributed by atoms with Gasteiger partial charge in [0.25, 0.3) is 5.56 Å². The molecule has 1 atom stereocenters. The third kappa shape index (κ3) is 2.75. The maximum absolute atomic E-state index is 12.4. The number of H-pyrrole nitrogens is 2. The maximum atomic E-state index is 12.4. The van der Waals surface area contributed by atoms with Gasteiger partial charge in [-0.3, -0.25) is 9.78 Å². The first-order valence-corrected chi connectivity index (χ1v) is 8.38. The Hall–Kier alpha value is -2.19. The molecule has 0 radical (unpaired) electrons. The van der Waals surface area contributed by atoms with Crippen molar-refractivity contribution in [2.75, 3.05) is 0 Å². The lowest BCUT2D eigenvalue weighted by molar-refractivity contribution is 0.506. The number of hydrogen-bond acceptors (Lipinski definition) is 4. The largest absolute Gasteiger partial charge is 0.325 e. The molecule has 0 aliphatic heterocycles. The zero-order valence-electron chi connectivity index (χ0n) is 11.6. The fraction of sp³-hybridized carbons (Fsp3) is 0.286. The van der Waals surface area contributed by atoms with Gasteiger partial charge in [-0.25, -0.2) is 17.9 Å². The Kier molecular flexibility index (Phi) is 3.71. The van der Waals surface area contributed by atoms with Crippen LogP contribution < -0.4 is 16.0 Å². The number of aromatic nitrogens is 2. The average Bonchev–Trinajstić information content (AvgIpc) is 2.47. The minimum Gasteiger partial charge on any atom is -0.313 e. The molecule has 0 spiro atoms. The standard InChI is InChI=1S/C14H15N3O4S/c18-13-12(8-15-14(19)16-13)22(20,21)17-11-7-3-5-9-4-1-2-6-10(9)11/h1-2,4,6,8,11,17H,3,5,7H2,(H2,15,16,18,19)/t11-/m0/s1. The second-order valence-corrected chi connectivity index (χ2v) is 6.88. The van der Waals surface area contributed by atoms with Crippen molar-refractivity contribution in [3.8, 4) is 0 Å². The van der Waals surface area contributed by atoms with Crippen molar-refractivity contribution in [1.29, 1.82) is 0 Å². The smallest absolute Gasteiger partial charge is 0.313 e. The van der Waals surface area contributed by atoms with Gasteiger partial charge in [0.15, 0.2) is 4.90 Å². The Balaban J connectivity index is 1.96. The quantitative estimate of drug-likeness (QED) is 0.760. The summed E-state index contributed by atoms with van der Waals surface area (Å²) in [6.07, 6.45) is 3.36. The van der Waals surface area contributed by atoms with E-state index in [9.17, 15) is 18.0 Å². The van der Waals surface area contributed by atoms with Gasteiger partial charge in [-0.05, 0) is 30.4 Å². The zero-order valence-corrected chi connectivity index (χ0v) is 12.4. The van der Waals surface area contributed by atoms with E-state index in [4.69, 9.17) is 0 Å². The molecule has 1 aliphatic rings. The summed E-state index contributed by atoms with van der Waals surface area (Å²) in [5.74, 6) is 0. The normalized spacial score (nSPS) is 17.9. The van der Waals surface area contributed by atoms with Gasteiger partial charge in [0.05, 0.1) is 0 Å². The Morgan fingerprint density at radius 3 is 2.73 bits per heavy atom. The molecule has 0 saturated heterocycles. The van der Waals surface area contributed by atoms with Crippen molar-refractivity contribution in [3.05, 3.63) is 62.4 Å². The van der Waals surface area contributed by atoms with Gasteiger partial charge in [-0.2, -0.15) is 0 Å². The van der Waals surface area contributed by atoms with E-state index in [0.717, 1.165) is 30.2 Å². The molecule has 0 unspecified atom stereocenters. The van der Waals surface area contributed by atoms with E-state index in [1.165, 1.54) is 0 Å². The monoisotopic (exact) mass is 321 g/mol. The number of aryl methyl sites for hydroxylation is 1. The number of rotatable bonds is 3. The summed E-state index contributed by atoms with van der Waals surface area (Å²) in [4.78, 5) is 26.3. The van der Waals surface area contributed by atoms with Gasteiger partial charge < -0.3 is 4.98 Å². The molecule has 1 aliphatic carbocycles. The predicted octanol–water partition coefficient (Wildman–Crippen LogP) is 0.419. The molecule has 1 aromatic carbocycles. The molecule has 8 heteroatoms. The van der Waals surface area contributed by atoms with Gasteiger partial charge in [0.1, 0.15) is 0 Å². The molecule has 116 valence electrons. The summed E-state index contributed by atoms with van der Waals surface area (Å²) in [5.41, 5.74) is 0.363. The minimum absolute atomic E-state index is 0.374. The van der Waals surface area contributed by atoms with E-state index in [1.807, 2.05) is 29.2 Å². The molecule has 1 aromatic heterocycles. The SMILES string of the molecule is O=c1[nH]cc(S(=O)(=O)N[C@H]2CCCc3ccccc32)c(=O)[nH]1. The van der Waals surface area contributed by atoms with Crippen LogP contribution in [0.2, 0.25) is 0 Å². The van der Waals surface area contributed by atoms with E-state index in [2.05, 4.69) is 9.71 Å². The van der Waals surface area contributed by atoms with Crippen LogP contribution in [0.5, 0.6) is 0 Å². The van der Waals surface area contributed by atoms with Crippen LogP contribution in [-0.4, -0.2) is 18.4 Å². The van der Waals surface area contributed by atoms with Crippen LogP contribution in [0.1, 0.15) is 30.0 Å². The zero-order chi connectivity index (χ0) is 15.7. The first-order valence-electron chi connectivity index (χ1n) is 6.89. The first-order chi connectivity index (χ1) is 10.5. The van der Waals surface area contributed by atoms with Gasteiger partial charge in [0.2, 0.25) is 10.0 Å². The molecule has 3 N–H and O–H groups in total. The summed E-state index contributed by atoms with van der Waals surface area (Å²) < 4.78 is 27.3. The van der Waals surface area contributed by atoms with Crippen LogP contribution in [0.3, 0.4) is 0 Å². The average molecular weight is 321 g/mol. The summed E-state index contributed by atoms with van der Waals surface area (Å²) in [6, 6.07) is 7.27. The molecule has 22 heavy (non-hydrogen) atoms. The van der Waals surface area contributed by atoms with Crippen LogP contribution in [0, 0.1) is 0 Å². The van der Waals surface area contributed by atoms with E-state index >= 15 is 0 Å². The minimum atomic E-state index is -4.01. The molecule has 7 nitrogen and oxygen atoms in total. The lowest BCUT2D eigenvalue weighted by atomic mass is 9.88. The molecule has 0 amide bonds. The maximum Gasteiger partial charge on any atom is 0.325 e. The number of hydrogen-bond donors (Lipinski definition) is 3. The molecule has 0 fully saturated rings. The number of fused-ring (bicyclic) bond motifs is 1. The van der Waals surface area contributed by atoms with E-state index in [-0.39, 0.29) is 6.04 Å². The highest BCUT2D eigenvalue weighted by Crippen LogP contribution is 2.30. The van der Waals surface area contributed by atoms with E-state index < -0.39 is 26.2 Å². The summed E-state index contributed by atoms with van der Waals surface area (Å²) >= 11 is 0. The Labute approximate surface area is 126 Å². The molecular formula is C14H15N3O4S. The van der Waals surface area contributed by atoms with Gasteiger partial charge in [0, 0.05) is 12.2 Å². The van der Waals surface area contributed by atoms with Crippen molar-refractivity contribution in [3.63, 3.8) is 0 Å². The van der Waals surface area contributed by atoms with Crippen molar-refractivity contribution in [2.45, 2.75) is 30.2 Å². The van der Waals surface area contributed by atoms with Crippen molar-refractivity contribution >= 4 is 10.0 Å². The molecule has 0 bridgehead atoms. The molecular weight excluding hydrogens is 306 g/mol. The Morgan fingerprint density at radius 2 is 1.95 bits per heavy atom. The first kappa shape index (κ1) is 14.7. The van der Waals surface area contributed by atoms with Gasteiger partial charge in [-0.15, -0.1) is 0 Å². The second-order valence-electron chi connectivity index (χ2n) is 5.20. The summed E-state index contributed by atoms with van der Waals surface area (Å²) in [7, 11) is -4.01. The molecule has 2 aromatic rings. The van der Waals surface area contributed by atoms with Gasteiger partial charge in [-0.1, -0.05) is 24.3 Å². The number of nitrogens with one attached hydrogen (secondary N) is 3. The van der Waals surface area contributed by atoms with Crippen LogP contribution in [0.4, 0.5) is 0 Å². The summed E-state index contributed by atoms with van der Waals surface area (Å²) in [5, 5.41) is 0. The van der Waals surface area contributed by atoms with Crippen LogP contribution in [0.25, 0.3) is 0 Å². The molecule has 3 rings (SSSR count). The highest BCUT2D eigenvalue weighted by Gasteiger charge is 2.27. The van der Waals surface area contributed by atoms with Crippen LogP contribution in [-0.2, 0) is 16.4 Å². The van der Waals surface area contributed by atoms with Gasteiger partial charge >= 0.3 is 5.69 Å². The lowest BCUT2D eigenvalue weighted by Gasteiger charge is -2.25. The fourth-order valence-corrected chi connectivity index (χ4v) is 3.98. The molecule has 1 heterocycles. The van der Waals surface area contributed by atoms with E-state index in [0.29, 0.717) is 6.42 Å². The van der Waals surface area contributed by atoms with Crippen molar-refractivity contribution < 1.29 is 8.42 Å². The number of benzene rings is 1. The predicted molar refractivity (Wildman–Crippen MR) is 80.1 cm³/mol. The lowest BCUT2D eigenvalue weighted by Crippen LogP contribution is -2.36. The highest BCUT2D eigenvalue weighted by molar-refractivity contribution is 7.89. The third-order valence-electron chi connectivity index (χ3n) is 3.74. The number of aromatic amines is 2. The van der Waals surface area contributed by atoms with Crippen LogP contribution >= 0.6 is 0 Å². The topological polar surface area (TPSA) is 112 Å². The van der Waals surface area contributed by atoms with Crippen LogP contribution in [0.15, 0.2) is 44.9 Å². The van der Waals surface area contributed by atoms with E-state index in [1.54, 1.807) is 0 Å². The highest BCUT2D eigenvalue weighted by atomic mass is 32.2. The number of sulfonamides is 1. The Bertz CT molecular complexity index is 914.